The van der Waals surface area contributed by atoms with E-state index in [-0.39, 0.29) is 35.8 Å². The van der Waals surface area contributed by atoms with Crippen LogP contribution in [0.4, 0.5) is 13.2 Å². The molecule has 0 bridgehead atoms. The van der Waals surface area contributed by atoms with Crippen LogP contribution < -0.4 is 9.47 Å². The van der Waals surface area contributed by atoms with Crippen molar-refractivity contribution in [2.24, 2.45) is 0 Å². The number of nitrogens with zero attached hydrogens (tertiary/aromatic N) is 2. The van der Waals surface area contributed by atoms with Gasteiger partial charge in [0.05, 0.1) is 12.1 Å². The Morgan fingerprint density at radius 3 is 2.56 bits per heavy atom. The van der Waals surface area contributed by atoms with Crippen molar-refractivity contribution < 1.29 is 42.8 Å². The zero-order valence-corrected chi connectivity index (χ0v) is 21.8. The minimum Gasteiger partial charge on any atom is -0.508 e. The van der Waals surface area contributed by atoms with Gasteiger partial charge in [0.2, 0.25) is 0 Å². The molecule has 1 spiro atoms. The van der Waals surface area contributed by atoms with E-state index in [1.807, 2.05) is 18.2 Å². The lowest BCUT2D eigenvalue weighted by atomic mass is 9.87. The Hall–Kier alpha value is -2.73. The van der Waals surface area contributed by atoms with Crippen molar-refractivity contribution in [2.75, 3.05) is 39.3 Å². The van der Waals surface area contributed by atoms with Crippen molar-refractivity contribution in [3.8, 4) is 17.2 Å². The van der Waals surface area contributed by atoms with Gasteiger partial charge in [-0.3, -0.25) is 4.79 Å². The zero-order chi connectivity index (χ0) is 28.0. The predicted molar refractivity (Wildman–Crippen MR) is 135 cm³/mol. The number of halogens is 4. The van der Waals surface area contributed by atoms with Gasteiger partial charge >= 0.3 is 6.18 Å². The molecular weight excluding hydrogens is 541 g/mol. The second kappa shape index (κ2) is 10.3. The summed E-state index contributed by atoms with van der Waals surface area (Å²) in [7, 11) is 0. The van der Waals surface area contributed by atoms with Gasteiger partial charge in [-0.2, -0.15) is 13.2 Å². The number of alkyl halides is 3. The topological polar surface area (TPSA) is 103 Å². The Balaban J connectivity index is 1.15. The van der Waals surface area contributed by atoms with Gasteiger partial charge in [0.15, 0.2) is 5.60 Å². The highest BCUT2D eigenvalue weighted by molar-refractivity contribution is 6.30. The summed E-state index contributed by atoms with van der Waals surface area (Å²) >= 11 is 6.11. The number of phenols is 1. The van der Waals surface area contributed by atoms with Crippen LogP contribution in [0.2, 0.25) is 5.02 Å². The summed E-state index contributed by atoms with van der Waals surface area (Å²) in [6.45, 7) is 0.337. The third-order valence-corrected chi connectivity index (χ3v) is 8.02. The van der Waals surface area contributed by atoms with Crippen molar-refractivity contribution in [3.05, 3.63) is 52.5 Å². The highest BCUT2D eigenvalue weighted by Gasteiger charge is 2.58. The number of carbonyl (C=O) groups is 1. The molecule has 2 aromatic carbocycles. The fourth-order valence-corrected chi connectivity index (χ4v) is 5.73. The lowest BCUT2D eigenvalue weighted by molar-refractivity contribution is -0.253. The van der Waals surface area contributed by atoms with Crippen LogP contribution >= 0.6 is 11.6 Å². The number of rotatable bonds is 6. The first kappa shape index (κ1) is 27.8. The molecule has 0 saturated carbocycles. The van der Waals surface area contributed by atoms with Crippen LogP contribution in [0.3, 0.4) is 0 Å². The first-order chi connectivity index (χ1) is 18.4. The number of fused-ring (bicyclic) bond motifs is 1. The van der Waals surface area contributed by atoms with Crippen molar-refractivity contribution in [3.63, 3.8) is 0 Å². The standard InChI is InChI=1S/C27H30ClF3N2O6/c28-18-1-4-22-17(11-18)13-25(39-22)5-8-32(9-6-25)14-20(35)15-38-23-12-19(34)2-3-21(23)24(36)33-10-7-26(37,16-33)27(29,30)31/h1-4,11-12,20,34-35,37H,5-10,13-16H2/t20-,26?/m1/s1. The van der Waals surface area contributed by atoms with Crippen LogP contribution in [0, 0.1) is 0 Å². The van der Waals surface area contributed by atoms with E-state index in [9.17, 15) is 33.3 Å². The largest absolute Gasteiger partial charge is 0.508 e. The number of aliphatic hydroxyl groups excluding tert-OH is 1. The van der Waals surface area contributed by atoms with E-state index in [0.717, 1.165) is 35.5 Å². The maximum Gasteiger partial charge on any atom is 0.419 e. The third-order valence-electron chi connectivity index (χ3n) is 7.79. The molecule has 2 fully saturated rings. The predicted octanol–water partition coefficient (Wildman–Crippen LogP) is 3.39. The minimum absolute atomic E-state index is 0.0603. The number of likely N-dealkylation sites (tertiary alicyclic amines) is 2. The number of ether oxygens (including phenoxy) is 2. The Labute approximate surface area is 228 Å². The lowest BCUT2D eigenvalue weighted by Gasteiger charge is -2.39. The van der Waals surface area contributed by atoms with Crippen molar-refractivity contribution in [1.29, 1.82) is 0 Å². The fraction of sp³-hybridized carbons (Fsp3) is 0.519. The normalized spacial score (nSPS) is 23.5. The molecule has 0 aromatic heterocycles. The second-order valence-electron chi connectivity index (χ2n) is 10.7. The van der Waals surface area contributed by atoms with E-state index in [4.69, 9.17) is 21.1 Å². The molecule has 0 radical (unpaired) electrons. The van der Waals surface area contributed by atoms with E-state index in [2.05, 4.69) is 4.90 Å². The van der Waals surface area contributed by atoms with Gasteiger partial charge < -0.3 is 34.6 Å². The Bertz CT molecular complexity index is 1240. The number of hydrogen-bond acceptors (Lipinski definition) is 7. The number of hydrogen-bond donors (Lipinski definition) is 3. The molecule has 3 N–H and O–H groups in total. The summed E-state index contributed by atoms with van der Waals surface area (Å²) < 4.78 is 51.5. The average Bonchev–Trinajstić information content (AvgIpc) is 3.45. The molecule has 5 rings (SSSR count). The number of β-amino-alcohol motifs (C(OH)–C–C–N with tert-alkyl or cyclic N) is 2. The quantitative estimate of drug-likeness (QED) is 0.489. The Kier molecular flexibility index (Phi) is 7.38. The first-order valence-corrected chi connectivity index (χ1v) is 13.2. The van der Waals surface area contributed by atoms with Crippen LogP contribution in [-0.2, 0) is 6.42 Å². The summed E-state index contributed by atoms with van der Waals surface area (Å²) in [4.78, 5) is 16.0. The molecule has 1 unspecified atom stereocenters. The average molecular weight is 571 g/mol. The minimum atomic E-state index is -4.86. The third kappa shape index (κ3) is 5.77. The van der Waals surface area contributed by atoms with Crippen molar-refractivity contribution in [1.82, 2.24) is 9.80 Å². The molecule has 3 aliphatic heterocycles. The van der Waals surface area contributed by atoms with Gasteiger partial charge in [-0.15, -0.1) is 0 Å². The van der Waals surface area contributed by atoms with Crippen LogP contribution in [0.5, 0.6) is 17.2 Å². The molecule has 212 valence electrons. The van der Waals surface area contributed by atoms with E-state index < -0.39 is 36.8 Å². The molecule has 0 aliphatic carbocycles. The Morgan fingerprint density at radius 2 is 1.87 bits per heavy atom. The Morgan fingerprint density at radius 1 is 1.13 bits per heavy atom. The number of piperidine rings is 1. The molecule has 3 aliphatic rings. The van der Waals surface area contributed by atoms with Gasteiger partial charge in [0, 0.05) is 63.0 Å². The second-order valence-corrected chi connectivity index (χ2v) is 11.1. The van der Waals surface area contributed by atoms with Crippen molar-refractivity contribution >= 4 is 17.5 Å². The summed E-state index contributed by atoms with van der Waals surface area (Å²) in [6, 6.07) is 9.28. The number of phenolic OH excluding ortho intramolecular Hbond substituents is 1. The smallest absolute Gasteiger partial charge is 0.419 e. The molecule has 2 saturated heterocycles. The summed E-state index contributed by atoms with van der Waals surface area (Å²) in [6.07, 6.45) is -4.08. The van der Waals surface area contributed by atoms with E-state index in [1.165, 1.54) is 18.2 Å². The number of amides is 1. The summed E-state index contributed by atoms with van der Waals surface area (Å²) in [5.41, 5.74) is -2.22. The van der Waals surface area contributed by atoms with Gasteiger partial charge in [-0.05, 0) is 35.9 Å². The first-order valence-electron chi connectivity index (χ1n) is 12.8. The number of aliphatic hydroxyl groups is 2. The van der Waals surface area contributed by atoms with Gasteiger partial charge in [0.1, 0.15) is 35.6 Å². The highest BCUT2D eigenvalue weighted by atomic mass is 35.5. The molecule has 3 heterocycles. The van der Waals surface area contributed by atoms with Crippen LogP contribution in [0.25, 0.3) is 0 Å². The van der Waals surface area contributed by atoms with Crippen LogP contribution in [-0.4, -0.2) is 93.8 Å². The number of carbonyl (C=O) groups excluding carboxylic acids is 1. The van der Waals surface area contributed by atoms with Crippen molar-refractivity contribution in [2.45, 2.75) is 49.2 Å². The molecule has 2 atom stereocenters. The fourth-order valence-electron chi connectivity index (χ4n) is 5.54. The summed E-state index contributed by atoms with van der Waals surface area (Å²) in [5.74, 6) is -0.172. The SMILES string of the molecule is O=C(c1ccc(O)cc1OC[C@H](O)CN1CCC2(CC1)Cc1cc(Cl)ccc1O2)N1CCC(O)(C(F)(F)F)C1. The van der Waals surface area contributed by atoms with Gasteiger partial charge in [-0.25, -0.2) is 0 Å². The zero-order valence-electron chi connectivity index (χ0n) is 21.1. The summed E-state index contributed by atoms with van der Waals surface area (Å²) in [5, 5.41) is 31.1. The monoisotopic (exact) mass is 570 g/mol. The maximum absolute atomic E-state index is 13.2. The molecule has 8 nitrogen and oxygen atoms in total. The maximum atomic E-state index is 13.2. The van der Waals surface area contributed by atoms with E-state index >= 15 is 0 Å². The number of aromatic hydroxyl groups is 1. The van der Waals surface area contributed by atoms with Crippen LogP contribution in [0.1, 0.15) is 35.2 Å². The lowest BCUT2D eigenvalue weighted by Crippen LogP contribution is -2.49. The molecular formula is C27H30ClF3N2O6. The number of benzene rings is 2. The van der Waals surface area contributed by atoms with Gasteiger partial charge in [0.25, 0.3) is 5.91 Å². The molecule has 1 amide bonds. The molecule has 12 heteroatoms. The molecule has 2 aromatic rings. The molecule has 39 heavy (non-hydrogen) atoms. The van der Waals surface area contributed by atoms with E-state index in [0.29, 0.717) is 24.7 Å². The highest BCUT2D eigenvalue weighted by Crippen LogP contribution is 2.42. The van der Waals surface area contributed by atoms with Gasteiger partial charge in [-0.1, -0.05) is 11.6 Å². The van der Waals surface area contributed by atoms with E-state index in [1.54, 1.807) is 0 Å². The van der Waals surface area contributed by atoms with Crippen LogP contribution in [0.15, 0.2) is 36.4 Å².